The Hall–Kier alpha value is -0.0700. The maximum atomic E-state index is 11.4. The van der Waals surface area contributed by atoms with Crippen LogP contribution in [0.25, 0.3) is 0 Å². The molecule has 0 fully saturated rings. The van der Waals surface area contributed by atoms with Crippen molar-refractivity contribution >= 4 is 45.8 Å². The predicted octanol–water partition coefficient (Wildman–Crippen LogP) is 2.17. The number of hydrogen-bond acceptors (Lipinski definition) is 2. The molecule has 1 rings (SSSR count). The van der Waals surface area contributed by atoms with E-state index in [0.717, 1.165) is 0 Å². The molecule has 1 aromatic rings. The average Bonchev–Trinajstić information content (AvgIpc) is 2.13. The Kier molecular flexibility index (Phi) is 4.21. The van der Waals surface area contributed by atoms with Crippen LogP contribution in [-0.2, 0) is 6.54 Å². The molecule has 0 spiro atoms. The predicted molar refractivity (Wildman–Crippen MR) is 61.0 cm³/mol. The first-order valence-corrected chi connectivity index (χ1v) is 5.19. The van der Waals surface area contributed by atoms with Crippen LogP contribution in [0, 0.1) is 3.57 Å². The van der Waals surface area contributed by atoms with Crippen molar-refractivity contribution in [1.82, 2.24) is 9.55 Å². The lowest BCUT2D eigenvalue weighted by Gasteiger charge is -2.02. The largest absolute Gasteiger partial charge is 0.293 e. The number of rotatable bonds is 2. The van der Waals surface area contributed by atoms with Gasteiger partial charge in [0, 0.05) is 16.8 Å². The van der Waals surface area contributed by atoms with Gasteiger partial charge in [0.1, 0.15) is 0 Å². The van der Waals surface area contributed by atoms with Crippen molar-refractivity contribution in [2.75, 3.05) is 0 Å². The van der Waals surface area contributed by atoms with Crippen LogP contribution in [0.3, 0.4) is 0 Å². The van der Waals surface area contributed by atoms with Gasteiger partial charge in [-0.1, -0.05) is 23.2 Å². The van der Waals surface area contributed by atoms with Crippen molar-refractivity contribution in [1.29, 1.82) is 0 Å². The van der Waals surface area contributed by atoms with E-state index in [1.165, 1.54) is 22.6 Å². The lowest BCUT2D eigenvalue weighted by Crippen LogP contribution is -2.22. The van der Waals surface area contributed by atoms with Crippen LogP contribution in [0.5, 0.6) is 0 Å². The Bertz CT molecular complexity index is 388. The SMILES string of the molecule is O=c1c(I)cncn1C/C(Cl)=C\Cl. The molecule has 3 nitrogen and oxygen atoms in total. The van der Waals surface area contributed by atoms with Gasteiger partial charge in [0.25, 0.3) is 5.56 Å². The zero-order valence-electron chi connectivity index (χ0n) is 6.38. The summed E-state index contributed by atoms with van der Waals surface area (Å²) in [5.41, 5.74) is 1.11. The molecule has 0 radical (unpaired) electrons. The molecule has 13 heavy (non-hydrogen) atoms. The Morgan fingerprint density at radius 1 is 1.77 bits per heavy atom. The van der Waals surface area contributed by atoms with Gasteiger partial charge in [0.15, 0.2) is 0 Å². The molecular weight excluding hydrogens is 326 g/mol. The average molecular weight is 331 g/mol. The molecule has 6 heteroatoms. The highest BCUT2D eigenvalue weighted by Crippen LogP contribution is 2.05. The molecule has 0 amide bonds. The Balaban J connectivity index is 3.03. The number of allylic oxidation sites excluding steroid dienone is 1. The molecule has 1 aromatic heterocycles. The third kappa shape index (κ3) is 2.96. The van der Waals surface area contributed by atoms with Crippen molar-refractivity contribution in [2.24, 2.45) is 0 Å². The van der Waals surface area contributed by atoms with Gasteiger partial charge in [-0.2, -0.15) is 0 Å². The summed E-state index contributed by atoms with van der Waals surface area (Å²) in [6.45, 7) is 0.258. The van der Waals surface area contributed by atoms with Crippen LogP contribution in [0.1, 0.15) is 0 Å². The second kappa shape index (κ2) is 4.97. The Morgan fingerprint density at radius 3 is 3.08 bits per heavy atom. The third-order valence-electron chi connectivity index (χ3n) is 1.30. The van der Waals surface area contributed by atoms with Crippen molar-refractivity contribution in [3.63, 3.8) is 0 Å². The summed E-state index contributed by atoms with van der Waals surface area (Å²) >= 11 is 12.9. The molecule has 1 heterocycles. The van der Waals surface area contributed by atoms with Gasteiger partial charge in [-0.15, -0.1) is 0 Å². The van der Waals surface area contributed by atoms with Gasteiger partial charge in [0.05, 0.1) is 16.4 Å². The highest BCUT2D eigenvalue weighted by molar-refractivity contribution is 14.1. The number of hydrogen-bond donors (Lipinski definition) is 0. The zero-order chi connectivity index (χ0) is 9.84. The summed E-state index contributed by atoms with van der Waals surface area (Å²) in [4.78, 5) is 15.3. The summed E-state index contributed by atoms with van der Waals surface area (Å²) in [5.74, 6) is 0. The van der Waals surface area contributed by atoms with Crippen LogP contribution in [0.4, 0.5) is 0 Å². The first kappa shape index (κ1) is 11.0. The fraction of sp³-hybridized carbons (Fsp3) is 0.143. The summed E-state index contributed by atoms with van der Waals surface area (Å²) in [7, 11) is 0. The van der Waals surface area contributed by atoms with Crippen LogP contribution < -0.4 is 5.56 Å². The molecule has 0 N–H and O–H groups in total. The number of halogens is 3. The summed E-state index contributed by atoms with van der Waals surface area (Å²) in [6.07, 6.45) is 2.92. The summed E-state index contributed by atoms with van der Waals surface area (Å²) < 4.78 is 1.95. The Labute approximate surface area is 98.5 Å². The maximum Gasteiger partial charge on any atom is 0.267 e. The topological polar surface area (TPSA) is 34.9 Å². The van der Waals surface area contributed by atoms with E-state index >= 15 is 0 Å². The first-order valence-electron chi connectivity index (χ1n) is 3.30. The smallest absolute Gasteiger partial charge is 0.267 e. The molecule has 0 atom stereocenters. The van der Waals surface area contributed by atoms with Crippen molar-refractivity contribution < 1.29 is 0 Å². The molecule has 70 valence electrons. The van der Waals surface area contributed by atoms with Crippen LogP contribution in [-0.4, -0.2) is 9.55 Å². The quantitative estimate of drug-likeness (QED) is 0.779. The normalized spacial score (nSPS) is 11.8. The molecule has 0 aliphatic heterocycles. The van der Waals surface area contributed by atoms with Crippen LogP contribution >= 0.6 is 45.8 Å². The summed E-state index contributed by atoms with van der Waals surface area (Å²) in [5, 5.41) is 0.396. The monoisotopic (exact) mass is 330 g/mol. The molecule has 0 aliphatic rings. The van der Waals surface area contributed by atoms with Gasteiger partial charge in [0.2, 0.25) is 0 Å². The van der Waals surface area contributed by atoms with E-state index in [2.05, 4.69) is 4.98 Å². The maximum absolute atomic E-state index is 11.4. The summed E-state index contributed by atoms with van der Waals surface area (Å²) in [6, 6.07) is 0. The third-order valence-corrected chi connectivity index (χ3v) is 2.64. The van der Waals surface area contributed by atoms with E-state index in [9.17, 15) is 4.79 Å². The van der Waals surface area contributed by atoms with Gasteiger partial charge in [-0.25, -0.2) is 4.98 Å². The highest BCUT2D eigenvalue weighted by Gasteiger charge is 2.01. The minimum atomic E-state index is -0.118. The second-order valence-electron chi connectivity index (χ2n) is 2.23. The lowest BCUT2D eigenvalue weighted by atomic mass is 10.5. The molecule has 0 saturated heterocycles. The Morgan fingerprint density at radius 2 is 2.46 bits per heavy atom. The highest BCUT2D eigenvalue weighted by atomic mass is 127. The second-order valence-corrected chi connectivity index (χ2v) is 4.10. The van der Waals surface area contributed by atoms with Crippen LogP contribution in [0.15, 0.2) is 27.9 Å². The fourth-order valence-electron chi connectivity index (χ4n) is 0.734. The van der Waals surface area contributed by atoms with Crippen molar-refractivity contribution in [2.45, 2.75) is 6.54 Å². The zero-order valence-corrected chi connectivity index (χ0v) is 10.0. The van der Waals surface area contributed by atoms with E-state index in [-0.39, 0.29) is 12.1 Å². The standard InChI is InChI=1S/C7H5Cl2IN2O/c8-1-5(9)3-12-4-11-2-6(10)7(12)13/h1-2,4H,3H2/b5-1+. The lowest BCUT2D eigenvalue weighted by molar-refractivity contribution is 0.739. The van der Waals surface area contributed by atoms with Gasteiger partial charge >= 0.3 is 0 Å². The van der Waals surface area contributed by atoms with Gasteiger partial charge in [-0.05, 0) is 22.6 Å². The van der Waals surface area contributed by atoms with E-state index in [4.69, 9.17) is 23.2 Å². The molecule has 0 aliphatic carbocycles. The van der Waals surface area contributed by atoms with Gasteiger partial charge < -0.3 is 0 Å². The van der Waals surface area contributed by atoms with Crippen molar-refractivity contribution in [3.8, 4) is 0 Å². The number of nitrogens with zero attached hydrogens (tertiary/aromatic N) is 2. The van der Waals surface area contributed by atoms with E-state index in [0.29, 0.717) is 8.60 Å². The number of aromatic nitrogens is 2. The molecule has 0 unspecified atom stereocenters. The fourth-order valence-corrected chi connectivity index (χ4v) is 1.40. The van der Waals surface area contributed by atoms with E-state index in [1.807, 2.05) is 22.6 Å². The van der Waals surface area contributed by atoms with E-state index in [1.54, 1.807) is 0 Å². The van der Waals surface area contributed by atoms with E-state index < -0.39 is 0 Å². The minimum absolute atomic E-state index is 0.118. The minimum Gasteiger partial charge on any atom is -0.293 e. The van der Waals surface area contributed by atoms with Gasteiger partial charge in [-0.3, -0.25) is 9.36 Å². The van der Waals surface area contributed by atoms with Crippen molar-refractivity contribution in [3.05, 3.63) is 37.0 Å². The van der Waals surface area contributed by atoms with Crippen LogP contribution in [0.2, 0.25) is 0 Å². The molecule has 0 bridgehead atoms. The molecule has 0 saturated carbocycles. The molecular formula is C7H5Cl2IN2O. The first-order chi connectivity index (χ1) is 6.15. The molecule has 0 aromatic carbocycles.